The van der Waals surface area contributed by atoms with Gasteiger partial charge in [-0.15, -0.1) is 0 Å². The summed E-state index contributed by atoms with van der Waals surface area (Å²) in [5.74, 6) is 0.169. The van der Waals surface area contributed by atoms with Crippen molar-refractivity contribution in [3.05, 3.63) is 47.7 Å². The molecule has 1 aromatic carbocycles. The molecule has 1 atom stereocenters. The Kier molecular flexibility index (Phi) is 6.02. The van der Waals surface area contributed by atoms with Gasteiger partial charge in [-0.2, -0.15) is 0 Å². The Morgan fingerprint density at radius 2 is 2.24 bits per heavy atom. The zero-order valence-electron chi connectivity index (χ0n) is 14.8. The van der Waals surface area contributed by atoms with Gasteiger partial charge < -0.3 is 15.5 Å². The van der Waals surface area contributed by atoms with Crippen LogP contribution in [0, 0.1) is 5.92 Å². The Morgan fingerprint density at radius 1 is 1.40 bits per heavy atom. The third-order valence-corrected chi connectivity index (χ3v) is 4.88. The summed E-state index contributed by atoms with van der Waals surface area (Å²) in [4.78, 5) is 18.6. The average Bonchev–Trinajstić information content (AvgIpc) is 3.08. The van der Waals surface area contributed by atoms with Gasteiger partial charge in [0.15, 0.2) is 5.78 Å². The van der Waals surface area contributed by atoms with Crippen LogP contribution in [0.3, 0.4) is 0 Å². The molecule has 0 bridgehead atoms. The van der Waals surface area contributed by atoms with Crippen LogP contribution < -0.4 is 5.73 Å². The van der Waals surface area contributed by atoms with Gasteiger partial charge in [0.1, 0.15) is 0 Å². The number of hydrogen-bond donors (Lipinski definition) is 2. The van der Waals surface area contributed by atoms with Crippen LogP contribution in [0.5, 0.6) is 0 Å². The molecule has 3 rings (SSSR count). The van der Waals surface area contributed by atoms with Gasteiger partial charge in [-0.3, -0.25) is 9.69 Å². The number of rotatable bonds is 7. The maximum absolute atomic E-state index is 13.0. The summed E-state index contributed by atoms with van der Waals surface area (Å²) in [5, 5.41) is 1.09. The van der Waals surface area contributed by atoms with Crippen LogP contribution in [0.25, 0.3) is 10.9 Å². The summed E-state index contributed by atoms with van der Waals surface area (Å²) in [7, 11) is 0. The Morgan fingerprint density at radius 3 is 3.00 bits per heavy atom. The van der Waals surface area contributed by atoms with Crippen molar-refractivity contribution < 1.29 is 9.53 Å². The minimum atomic E-state index is -0.0285. The number of para-hydroxylation sites is 1. The fourth-order valence-corrected chi connectivity index (χ4v) is 3.50. The van der Waals surface area contributed by atoms with Crippen molar-refractivity contribution in [3.63, 3.8) is 0 Å². The lowest BCUT2D eigenvalue weighted by molar-refractivity contribution is 0.0846. The molecule has 1 aliphatic heterocycles. The number of ketones is 1. The number of benzene rings is 1. The summed E-state index contributed by atoms with van der Waals surface area (Å²) < 4.78 is 5.47. The number of aromatic amines is 1. The first-order chi connectivity index (χ1) is 12.2. The third-order valence-electron chi connectivity index (χ3n) is 4.88. The molecule has 5 heteroatoms. The lowest BCUT2D eigenvalue weighted by atomic mass is 9.86. The number of likely N-dealkylation sites (tertiary alicyclic amines) is 1. The second-order valence-corrected chi connectivity index (χ2v) is 6.52. The molecule has 25 heavy (non-hydrogen) atoms. The van der Waals surface area contributed by atoms with Gasteiger partial charge in [0, 0.05) is 36.5 Å². The van der Waals surface area contributed by atoms with Crippen molar-refractivity contribution >= 4 is 16.7 Å². The number of piperidine rings is 1. The highest BCUT2D eigenvalue weighted by molar-refractivity contribution is 6.02. The van der Waals surface area contributed by atoms with Crippen LogP contribution in [0.4, 0.5) is 0 Å². The van der Waals surface area contributed by atoms with Gasteiger partial charge >= 0.3 is 0 Å². The lowest BCUT2D eigenvalue weighted by Crippen LogP contribution is -2.40. The van der Waals surface area contributed by atoms with Crippen LogP contribution in [-0.2, 0) is 4.74 Å². The maximum Gasteiger partial charge on any atom is 0.186 e. The SMILES string of the molecule is C/C=C1/CN(CCOCCN)CC[C@H]1C(=O)c1cc2ccccc2[nH]1. The van der Waals surface area contributed by atoms with E-state index in [9.17, 15) is 4.79 Å². The molecule has 2 heterocycles. The Labute approximate surface area is 148 Å². The number of ether oxygens (including phenoxy) is 1. The van der Waals surface area contributed by atoms with Crippen LogP contribution >= 0.6 is 0 Å². The van der Waals surface area contributed by atoms with E-state index in [1.54, 1.807) is 0 Å². The molecule has 0 amide bonds. The minimum Gasteiger partial charge on any atom is -0.379 e. The topological polar surface area (TPSA) is 71.3 Å². The molecule has 2 aromatic rings. The average molecular weight is 341 g/mol. The molecule has 1 aromatic heterocycles. The first kappa shape index (κ1) is 17.9. The van der Waals surface area contributed by atoms with Crippen LogP contribution in [0.2, 0.25) is 0 Å². The first-order valence-electron chi connectivity index (χ1n) is 9.00. The summed E-state index contributed by atoms with van der Waals surface area (Å²) in [6.45, 7) is 6.50. The number of aromatic nitrogens is 1. The number of nitrogens with one attached hydrogen (secondary N) is 1. The largest absolute Gasteiger partial charge is 0.379 e. The number of H-pyrrole nitrogens is 1. The molecular formula is C20H27N3O2. The molecule has 5 nitrogen and oxygen atoms in total. The molecule has 0 aliphatic carbocycles. The van der Waals surface area contributed by atoms with E-state index in [4.69, 9.17) is 10.5 Å². The van der Waals surface area contributed by atoms with Crippen molar-refractivity contribution in [3.8, 4) is 0 Å². The second kappa shape index (κ2) is 8.43. The summed E-state index contributed by atoms with van der Waals surface area (Å²) >= 11 is 0. The van der Waals surface area contributed by atoms with E-state index in [0.717, 1.165) is 37.0 Å². The van der Waals surface area contributed by atoms with E-state index in [1.807, 2.05) is 37.3 Å². The maximum atomic E-state index is 13.0. The van der Waals surface area contributed by atoms with Gasteiger partial charge in [-0.1, -0.05) is 24.3 Å². The van der Waals surface area contributed by atoms with Gasteiger partial charge in [0.05, 0.1) is 18.9 Å². The smallest absolute Gasteiger partial charge is 0.186 e. The monoisotopic (exact) mass is 341 g/mol. The Balaban J connectivity index is 1.65. The van der Waals surface area contributed by atoms with Crippen molar-refractivity contribution in [1.29, 1.82) is 0 Å². The molecular weight excluding hydrogens is 314 g/mol. The summed E-state index contributed by atoms with van der Waals surface area (Å²) in [6.07, 6.45) is 2.95. The number of carbonyl (C=O) groups is 1. The van der Waals surface area contributed by atoms with Crippen LogP contribution in [0.15, 0.2) is 42.0 Å². The highest BCUT2D eigenvalue weighted by Crippen LogP contribution is 2.27. The summed E-state index contributed by atoms with van der Waals surface area (Å²) in [6, 6.07) is 9.98. The standard InChI is InChI=1S/C20H27N3O2/c1-2-15-14-23(10-12-25-11-8-21)9-7-17(15)20(24)19-13-16-5-3-4-6-18(16)22-19/h2-6,13,17,22H,7-12,14,21H2,1H3/b15-2-/t17-/m1/s1. The molecule has 0 saturated carbocycles. The third kappa shape index (κ3) is 4.18. The summed E-state index contributed by atoms with van der Waals surface area (Å²) in [5.41, 5.74) is 8.37. The van der Waals surface area contributed by atoms with Gasteiger partial charge in [0.25, 0.3) is 0 Å². The number of hydrogen-bond acceptors (Lipinski definition) is 4. The number of allylic oxidation sites excluding steroid dienone is 1. The molecule has 134 valence electrons. The highest BCUT2D eigenvalue weighted by atomic mass is 16.5. The predicted octanol–water partition coefficient (Wildman–Crippen LogP) is 2.59. The Bertz CT molecular complexity index is 717. The fourth-order valence-electron chi connectivity index (χ4n) is 3.50. The molecule has 1 aliphatic rings. The molecule has 1 saturated heterocycles. The van der Waals surface area contributed by atoms with E-state index in [0.29, 0.717) is 25.5 Å². The number of Topliss-reactive ketones (excluding diaryl/α,β-unsaturated/α-hetero) is 1. The van der Waals surface area contributed by atoms with Gasteiger partial charge in [0.2, 0.25) is 0 Å². The number of nitrogens with two attached hydrogens (primary N) is 1. The zero-order chi connectivity index (χ0) is 17.6. The quantitative estimate of drug-likeness (QED) is 0.461. The molecule has 3 N–H and O–H groups in total. The molecule has 0 unspecified atom stereocenters. The lowest BCUT2D eigenvalue weighted by Gasteiger charge is -2.33. The van der Waals surface area contributed by atoms with Gasteiger partial charge in [-0.25, -0.2) is 0 Å². The van der Waals surface area contributed by atoms with Crippen LogP contribution in [0.1, 0.15) is 23.8 Å². The highest BCUT2D eigenvalue weighted by Gasteiger charge is 2.30. The predicted molar refractivity (Wildman–Crippen MR) is 101 cm³/mol. The van der Waals surface area contributed by atoms with Crippen molar-refractivity contribution in [2.45, 2.75) is 13.3 Å². The van der Waals surface area contributed by atoms with Gasteiger partial charge in [-0.05, 0) is 37.6 Å². The van der Waals surface area contributed by atoms with Crippen molar-refractivity contribution in [2.75, 3.05) is 39.4 Å². The fraction of sp³-hybridized carbons (Fsp3) is 0.450. The zero-order valence-corrected chi connectivity index (χ0v) is 14.8. The first-order valence-corrected chi connectivity index (χ1v) is 9.00. The Hall–Kier alpha value is -1.95. The number of nitrogens with zero attached hydrogens (tertiary/aromatic N) is 1. The minimum absolute atomic E-state index is 0.0285. The van der Waals surface area contributed by atoms with E-state index >= 15 is 0 Å². The number of carbonyl (C=O) groups excluding carboxylic acids is 1. The van der Waals surface area contributed by atoms with E-state index in [-0.39, 0.29) is 11.7 Å². The number of fused-ring (bicyclic) bond motifs is 1. The van der Waals surface area contributed by atoms with Crippen LogP contribution in [-0.4, -0.2) is 55.1 Å². The van der Waals surface area contributed by atoms with Crippen molar-refractivity contribution in [2.24, 2.45) is 11.7 Å². The van der Waals surface area contributed by atoms with Crippen molar-refractivity contribution in [1.82, 2.24) is 9.88 Å². The van der Waals surface area contributed by atoms with E-state index in [2.05, 4.69) is 16.0 Å². The molecule has 1 fully saturated rings. The molecule has 0 radical (unpaired) electrons. The normalized spacial score (nSPS) is 20.4. The van der Waals surface area contributed by atoms with E-state index in [1.165, 1.54) is 5.57 Å². The molecule has 0 spiro atoms. The second-order valence-electron chi connectivity index (χ2n) is 6.52. The van der Waals surface area contributed by atoms with E-state index < -0.39 is 0 Å².